The molecule has 15 heteroatoms. The smallest absolute Gasteiger partial charge is 0.419 e. The highest BCUT2D eigenvalue weighted by atomic mass is 32.2. The van der Waals surface area contributed by atoms with Gasteiger partial charge in [0, 0.05) is 11.1 Å². The number of phenols is 2. The third kappa shape index (κ3) is 9.92. The number of rotatable bonds is 4. The quantitative estimate of drug-likeness (QED) is 0.181. The molecule has 0 bridgehead atoms. The number of aromatic hydroxyl groups is 2. The first kappa shape index (κ1) is 34.4. The summed E-state index contributed by atoms with van der Waals surface area (Å²) in [5.74, 6) is -2.49. The molecule has 0 aliphatic carbocycles. The lowest BCUT2D eigenvalue weighted by Crippen LogP contribution is -2.08. The van der Waals surface area contributed by atoms with E-state index in [9.17, 15) is 53.1 Å². The zero-order valence-electron chi connectivity index (χ0n) is 21.2. The molecule has 0 fully saturated rings. The molecular weight excluding hydrogens is 616 g/mol. The third-order valence-corrected chi connectivity index (χ3v) is 6.90. The first-order valence-electron chi connectivity index (χ1n) is 11.4. The van der Waals surface area contributed by atoms with Crippen LogP contribution in [0.4, 0.5) is 35.1 Å². The predicted octanol–water partition coefficient (Wildman–Crippen LogP) is 7.24. The lowest BCUT2D eigenvalue weighted by atomic mass is 10.1. The van der Waals surface area contributed by atoms with Gasteiger partial charge < -0.3 is 10.2 Å². The van der Waals surface area contributed by atoms with Gasteiger partial charge in [0.05, 0.1) is 20.9 Å². The lowest BCUT2D eigenvalue weighted by molar-refractivity contribution is -0.140. The van der Waals surface area contributed by atoms with Gasteiger partial charge in [0.1, 0.15) is 35.7 Å². The van der Waals surface area contributed by atoms with Gasteiger partial charge in [-0.3, -0.25) is 9.59 Å². The summed E-state index contributed by atoms with van der Waals surface area (Å²) in [6.45, 7) is 0. The number of halogens is 8. The Balaban J connectivity index is 0.000000229. The van der Waals surface area contributed by atoms with Gasteiger partial charge in [-0.05, 0) is 78.9 Å². The monoisotopic (exact) mass is 634 g/mol. The molecule has 4 aromatic carbocycles. The Morgan fingerprint density at radius 3 is 1.42 bits per heavy atom. The zero-order chi connectivity index (χ0) is 32.6. The average Bonchev–Trinajstić information content (AvgIpc) is 2.92. The molecule has 43 heavy (non-hydrogen) atoms. The molecule has 6 nitrogen and oxygen atoms in total. The van der Waals surface area contributed by atoms with Crippen LogP contribution in [0, 0.1) is 11.6 Å². The van der Waals surface area contributed by atoms with Crippen LogP contribution in [0.5, 0.6) is 11.5 Å². The van der Waals surface area contributed by atoms with E-state index in [1.54, 1.807) is 0 Å². The average molecular weight is 634 g/mol. The topological polar surface area (TPSA) is 109 Å². The van der Waals surface area contributed by atoms with Gasteiger partial charge in [0.2, 0.25) is 9.84 Å². The molecule has 0 amide bonds. The fraction of sp³-hybridized carbons (Fsp3) is 0.0714. The van der Waals surface area contributed by atoms with Crippen LogP contribution in [-0.4, -0.2) is 31.2 Å². The normalized spacial score (nSPS) is 11.3. The summed E-state index contributed by atoms with van der Waals surface area (Å²) in [6.07, 6.45) is -8.90. The maximum atomic E-state index is 12.7. The maximum absolute atomic E-state index is 12.7. The molecule has 0 spiro atoms. The van der Waals surface area contributed by atoms with Gasteiger partial charge in [-0.25, -0.2) is 17.2 Å². The number of carbonyl (C=O) groups is 2. The molecule has 0 heterocycles. The molecule has 4 aromatic rings. The fourth-order valence-electron chi connectivity index (χ4n) is 3.07. The molecule has 4 rings (SSSR count). The standard InChI is InChI=1S/C12H10O4S.2C8H4F4O/c13-9-1-5-11(6-2-9)17(15,16)12-7-3-10(14)4-8-12;9-7-2-5(4-13)1-6(3-7)8(10,11)12;9-7-3-5(4-13)1-2-6(7)8(10,11)12/h1-8,13-14H;2*1-4H. The van der Waals surface area contributed by atoms with E-state index in [-0.39, 0.29) is 45.0 Å². The lowest BCUT2D eigenvalue weighted by Gasteiger charge is -2.07. The Kier molecular flexibility index (Phi) is 11.1. The van der Waals surface area contributed by atoms with Crippen molar-refractivity contribution in [2.24, 2.45) is 0 Å². The second kappa shape index (κ2) is 13.9. The van der Waals surface area contributed by atoms with Crippen LogP contribution >= 0.6 is 0 Å². The van der Waals surface area contributed by atoms with Crippen molar-refractivity contribution in [3.8, 4) is 11.5 Å². The molecule has 0 aliphatic rings. The number of aldehydes is 2. The number of sulfone groups is 1. The van der Waals surface area contributed by atoms with Crippen LogP contribution < -0.4 is 0 Å². The van der Waals surface area contributed by atoms with E-state index >= 15 is 0 Å². The highest BCUT2D eigenvalue weighted by Crippen LogP contribution is 2.32. The van der Waals surface area contributed by atoms with Crippen molar-refractivity contribution in [1.82, 2.24) is 0 Å². The van der Waals surface area contributed by atoms with Crippen LogP contribution in [0.2, 0.25) is 0 Å². The van der Waals surface area contributed by atoms with Crippen LogP contribution in [-0.2, 0) is 22.2 Å². The summed E-state index contributed by atoms with van der Waals surface area (Å²) in [5, 5.41) is 18.2. The van der Waals surface area contributed by atoms with Gasteiger partial charge in [-0.1, -0.05) is 6.07 Å². The Bertz CT molecular complexity index is 1610. The highest BCUT2D eigenvalue weighted by molar-refractivity contribution is 7.91. The molecule has 0 saturated heterocycles. The number of benzene rings is 4. The summed E-state index contributed by atoms with van der Waals surface area (Å²) < 4.78 is 121. The van der Waals surface area contributed by atoms with E-state index < -0.39 is 45.0 Å². The first-order valence-corrected chi connectivity index (χ1v) is 12.8. The minimum Gasteiger partial charge on any atom is -0.508 e. The number of hydrogen-bond acceptors (Lipinski definition) is 6. The fourth-order valence-corrected chi connectivity index (χ4v) is 4.33. The van der Waals surface area contributed by atoms with Gasteiger partial charge in [0.15, 0.2) is 0 Å². The van der Waals surface area contributed by atoms with Crippen molar-refractivity contribution in [2.75, 3.05) is 0 Å². The Morgan fingerprint density at radius 1 is 0.581 bits per heavy atom. The van der Waals surface area contributed by atoms with Crippen LogP contribution in [0.3, 0.4) is 0 Å². The highest BCUT2D eigenvalue weighted by Gasteiger charge is 2.34. The molecule has 2 N–H and O–H groups in total. The minimum absolute atomic E-state index is 0.00894. The number of hydrogen-bond donors (Lipinski definition) is 2. The Morgan fingerprint density at radius 2 is 1.05 bits per heavy atom. The van der Waals surface area contributed by atoms with Crippen molar-refractivity contribution in [2.45, 2.75) is 22.1 Å². The molecule has 0 aliphatic heterocycles. The first-order chi connectivity index (χ1) is 19.9. The zero-order valence-corrected chi connectivity index (χ0v) is 22.0. The molecule has 0 aromatic heterocycles. The number of phenolic OH excluding ortho intramolecular Hbond substituents is 2. The molecular formula is C28H18F8O6S. The summed E-state index contributed by atoms with van der Waals surface area (Å²) in [7, 11) is -3.59. The predicted molar refractivity (Wildman–Crippen MR) is 135 cm³/mol. The summed E-state index contributed by atoms with van der Waals surface area (Å²) in [5.41, 5.74) is -2.97. The van der Waals surface area contributed by atoms with Crippen molar-refractivity contribution in [3.05, 3.63) is 119 Å². The molecule has 0 atom stereocenters. The van der Waals surface area contributed by atoms with E-state index in [0.29, 0.717) is 24.3 Å². The van der Waals surface area contributed by atoms with Gasteiger partial charge in [0.25, 0.3) is 0 Å². The van der Waals surface area contributed by atoms with Crippen molar-refractivity contribution in [1.29, 1.82) is 0 Å². The van der Waals surface area contributed by atoms with Crippen LogP contribution in [0.1, 0.15) is 31.8 Å². The summed E-state index contributed by atoms with van der Waals surface area (Å²) in [6, 6.07) is 14.3. The van der Waals surface area contributed by atoms with E-state index in [1.165, 1.54) is 48.5 Å². The minimum atomic E-state index is -4.72. The SMILES string of the molecule is O=Cc1cc(F)cc(C(F)(F)F)c1.O=Cc1ccc(C(F)(F)F)c(F)c1.O=S(=O)(c1ccc(O)cc1)c1ccc(O)cc1. The number of carbonyl (C=O) groups excluding carboxylic acids is 2. The Hall–Kier alpha value is -4.79. The molecule has 0 saturated carbocycles. The van der Waals surface area contributed by atoms with Crippen molar-refractivity contribution in [3.63, 3.8) is 0 Å². The maximum Gasteiger partial charge on any atom is 0.419 e. The van der Waals surface area contributed by atoms with E-state index in [4.69, 9.17) is 10.2 Å². The van der Waals surface area contributed by atoms with Gasteiger partial charge in [-0.2, -0.15) is 26.3 Å². The van der Waals surface area contributed by atoms with Gasteiger partial charge in [-0.15, -0.1) is 0 Å². The second-order valence-electron chi connectivity index (χ2n) is 8.23. The molecule has 228 valence electrons. The largest absolute Gasteiger partial charge is 0.508 e. The Labute approximate surface area is 238 Å². The summed E-state index contributed by atoms with van der Waals surface area (Å²) >= 11 is 0. The van der Waals surface area contributed by atoms with Crippen LogP contribution in [0.25, 0.3) is 0 Å². The van der Waals surface area contributed by atoms with E-state index in [0.717, 1.165) is 12.1 Å². The van der Waals surface area contributed by atoms with Crippen molar-refractivity contribution < 1.29 is 63.3 Å². The van der Waals surface area contributed by atoms with E-state index in [2.05, 4.69) is 0 Å². The molecule has 0 unspecified atom stereocenters. The number of alkyl halides is 6. The van der Waals surface area contributed by atoms with Crippen molar-refractivity contribution >= 4 is 22.4 Å². The van der Waals surface area contributed by atoms with Crippen LogP contribution in [0.15, 0.2) is 94.7 Å². The van der Waals surface area contributed by atoms with E-state index in [1.807, 2.05) is 0 Å². The second-order valence-corrected chi connectivity index (χ2v) is 10.2. The summed E-state index contributed by atoms with van der Waals surface area (Å²) in [4.78, 5) is 20.4. The molecule has 0 radical (unpaired) electrons. The third-order valence-electron chi connectivity index (χ3n) is 5.11. The van der Waals surface area contributed by atoms with Gasteiger partial charge >= 0.3 is 12.4 Å².